The fourth-order valence-electron chi connectivity index (χ4n) is 1.94. The summed E-state index contributed by atoms with van der Waals surface area (Å²) in [4.78, 5) is 0.388. The maximum Gasteiger partial charge on any atom is 0.106 e. The fourth-order valence-corrected chi connectivity index (χ4v) is 2.48. The number of hydrogen-bond acceptors (Lipinski definition) is 2. The van der Waals surface area contributed by atoms with Gasteiger partial charge in [-0.05, 0) is 41.8 Å². The van der Waals surface area contributed by atoms with E-state index in [-0.39, 0.29) is 0 Å². The molecule has 0 aliphatic rings. The normalized spacial score (nSPS) is 10.6. The Morgan fingerprint density at radius 2 is 1.80 bits per heavy atom. The summed E-state index contributed by atoms with van der Waals surface area (Å²) in [6.45, 7) is 4.36. The second-order valence-corrected chi connectivity index (χ2v) is 6.31. The summed E-state index contributed by atoms with van der Waals surface area (Å²) in [6, 6.07) is 14.2. The monoisotopic (exact) mass is 348 g/mol. The van der Waals surface area contributed by atoms with Crippen LogP contribution in [0.25, 0.3) is 0 Å². The molecular weight excluding hydrogens is 332 g/mol. The Morgan fingerprint density at radius 3 is 2.35 bits per heavy atom. The zero-order valence-corrected chi connectivity index (χ0v) is 13.9. The van der Waals surface area contributed by atoms with Crippen LogP contribution in [0.1, 0.15) is 30.9 Å². The Morgan fingerprint density at radius 1 is 1.15 bits per heavy atom. The zero-order chi connectivity index (χ0) is 14.7. The molecule has 0 spiro atoms. The summed E-state index contributed by atoms with van der Waals surface area (Å²) in [5.41, 5.74) is 9.85. The van der Waals surface area contributed by atoms with Crippen LogP contribution in [0.4, 0.5) is 11.4 Å². The number of nitrogens with one attached hydrogen (secondary N) is 1. The number of rotatable bonds is 4. The third-order valence-electron chi connectivity index (χ3n) is 3.10. The molecule has 2 aromatic rings. The third kappa shape index (κ3) is 3.58. The highest BCUT2D eigenvalue weighted by molar-refractivity contribution is 9.10. The van der Waals surface area contributed by atoms with Crippen LogP contribution in [-0.2, 0) is 0 Å². The van der Waals surface area contributed by atoms with Gasteiger partial charge in [-0.25, -0.2) is 0 Å². The Balaban J connectivity index is 2.29. The molecule has 0 heterocycles. The highest BCUT2D eigenvalue weighted by atomic mass is 79.9. The van der Waals surface area contributed by atoms with Gasteiger partial charge in [0.25, 0.3) is 0 Å². The van der Waals surface area contributed by atoms with Crippen molar-refractivity contribution in [1.29, 1.82) is 0 Å². The number of thiocarbonyl (C=S) groups is 1. The molecule has 4 heteroatoms. The molecule has 0 amide bonds. The van der Waals surface area contributed by atoms with Crippen molar-refractivity contribution in [3.05, 3.63) is 58.1 Å². The second-order valence-electron chi connectivity index (χ2n) is 4.96. The molecule has 2 nitrogen and oxygen atoms in total. The lowest BCUT2D eigenvalue weighted by Gasteiger charge is -2.13. The highest BCUT2D eigenvalue weighted by Crippen LogP contribution is 2.26. The van der Waals surface area contributed by atoms with E-state index in [0.717, 1.165) is 21.4 Å². The van der Waals surface area contributed by atoms with Crippen LogP contribution in [-0.4, -0.2) is 4.99 Å². The summed E-state index contributed by atoms with van der Waals surface area (Å²) in [6.07, 6.45) is 0. The van der Waals surface area contributed by atoms with Crippen molar-refractivity contribution >= 4 is 44.5 Å². The van der Waals surface area contributed by atoms with Gasteiger partial charge in [0, 0.05) is 21.4 Å². The lowest BCUT2D eigenvalue weighted by atomic mass is 10.0. The lowest BCUT2D eigenvalue weighted by molar-refractivity contribution is 0.867. The zero-order valence-electron chi connectivity index (χ0n) is 11.5. The van der Waals surface area contributed by atoms with Gasteiger partial charge in [-0.1, -0.05) is 54.1 Å². The molecule has 0 saturated heterocycles. The molecule has 0 atom stereocenters. The van der Waals surface area contributed by atoms with E-state index < -0.39 is 0 Å². The summed E-state index contributed by atoms with van der Waals surface area (Å²) in [5, 5.41) is 3.36. The molecule has 0 aliphatic heterocycles. The van der Waals surface area contributed by atoms with Crippen LogP contribution >= 0.6 is 28.1 Å². The van der Waals surface area contributed by atoms with Crippen LogP contribution in [0.5, 0.6) is 0 Å². The predicted molar refractivity (Wildman–Crippen MR) is 93.8 cm³/mol. The van der Waals surface area contributed by atoms with Gasteiger partial charge in [0.15, 0.2) is 0 Å². The van der Waals surface area contributed by atoms with Crippen molar-refractivity contribution in [2.24, 2.45) is 5.73 Å². The number of benzene rings is 2. The number of nitrogens with two attached hydrogens (primary N) is 1. The first-order valence-corrected chi connectivity index (χ1v) is 7.64. The van der Waals surface area contributed by atoms with E-state index in [1.807, 2.05) is 18.2 Å². The Kier molecular flexibility index (Phi) is 4.78. The minimum absolute atomic E-state index is 0.388. The lowest BCUT2D eigenvalue weighted by Crippen LogP contribution is -2.11. The van der Waals surface area contributed by atoms with Gasteiger partial charge < -0.3 is 11.1 Å². The second kappa shape index (κ2) is 6.37. The highest BCUT2D eigenvalue weighted by Gasteiger charge is 2.07. The van der Waals surface area contributed by atoms with Crippen molar-refractivity contribution in [3.63, 3.8) is 0 Å². The van der Waals surface area contributed by atoms with E-state index >= 15 is 0 Å². The molecular formula is C16H17BrN2S. The van der Waals surface area contributed by atoms with Gasteiger partial charge in [0.05, 0.1) is 0 Å². The van der Waals surface area contributed by atoms with E-state index in [1.54, 1.807) is 0 Å². The first-order valence-electron chi connectivity index (χ1n) is 6.43. The van der Waals surface area contributed by atoms with Gasteiger partial charge in [-0.2, -0.15) is 0 Å². The van der Waals surface area contributed by atoms with E-state index in [0.29, 0.717) is 10.9 Å². The SMILES string of the molecule is CC(C)c1ccc(Nc2cc(Br)ccc2C(N)=S)cc1. The van der Waals surface area contributed by atoms with Crippen molar-refractivity contribution in [2.75, 3.05) is 5.32 Å². The number of halogens is 1. The molecule has 0 unspecified atom stereocenters. The molecule has 0 radical (unpaired) electrons. The van der Waals surface area contributed by atoms with E-state index in [4.69, 9.17) is 18.0 Å². The van der Waals surface area contributed by atoms with Crippen LogP contribution in [0.3, 0.4) is 0 Å². The molecule has 2 rings (SSSR count). The first-order chi connectivity index (χ1) is 9.47. The minimum atomic E-state index is 0.388. The molecule has 3 N–H and O–H groups in total. The largest absolute Gasteiger partial charge is 0.389 e. The third-order valence-corrected chi connectivity index (χ3v) is 3.82. The van der Waals surface area contributed by atoms with Crippen LogP contribution in [0.15, 0.2) is 46.9 Å². The predicted octanol–water partition coefficient (Wildman–Crippen LogP) is 4.95. The molecule has 0 saturated carbocycles. The molecule has 104 valence electrons. The maximum absolute atomic E-state index is 5.76. The smallest absolute Gasteiger partial charge is 0.106 e. The number of hydrogen-bond donors (Lipinski definition) is 2. The number of anilines is 2. The molecule has 0 aliphatic carbocycles. The van der Waals surface area contributed by atoms with Gasteiger partial charge >= 0.3 is 0 Å². The van der Waals surface area contributed by atoms with Gasteiger partial charge in [0.1, 0.15) is 4.99 Å². The van der Waals surface area contributed by atoms with E-state index in [1.165, 1.54) is 5.56 Å². The summed E-state index contributed by atoms with van der Waals surface area (Å²) in [5.74, 6) is 0.530. The van der Waals surface area contributed by atoms with E-state index in [2.05, 4.69) is 59.4 Å². The first kappa shape index (κ1) is 15.0. The fraction of sp³-hybridized carbons (Fsp3) is 0.188. The van der Waals surface area contributed by atoms with Crippen molar-refractivity contribution in [3.8, 4) is 0 Å². The van der Waals surface area contributed by atoms with Crippen molar-refractivity contribution < 1.29 is 0 Å². The maximum atomic E-state index is 5.76. The average Bonchev–Trinajstić information content (AvgIpc) is 2.39. The van der Waals surface area contributed by atoms with Gasteiger partial charge in [-0.3, -0.25) is 0 Å². The standard InChI is InChI=1S/C16H17BrN2S/c1-10(2)11-3-6-13(7-4-11)19-15-9-12(17)5-8-14(15)16(18)20/h3-10,19H,1-2H3,(H2,18,20). The Labute approximate surface area is 133 Å². The molecule has 0 aromatic heterocycles. The van der Waals surface area contributed by atoms with Crippen LogP contribution in [0.2, 0.25) is 0 Å². The van der Waals surface area contributed by atoms with Crippen LogP contribution < -0.4 is 11.1 Å². The Bertz CT molecular complexity index is 621. The quantitative estimate of drug-likeness (QED) is 0.767. The average molecular weight is 349 g/mol. The summed E-state index contributed by atoms with van der Waals surface area (Å²) < 4.78 is 0.985. The van der Waals surface area contributed by atoms with Crippen molar-refractivity contribution in [2.45, 2.75) is 19.8 Å². The summed E-state index contributed by atoms with van der Waals surface area (Å²) in [7, 11) is 0. The van der Waals surface area contributed by atoms with Crippen LogP contribution in [0, 0.1) is 0 Å². The molecule has 0 bridgehead atoms. The molecule has 0 fully saturated rings. The topological polar surface area (TPSA) is 38.0 Å². The Hall–Kier alpha value is -1.39. The van der Waals surface area contributed by atoms with E-state index in [9.17, 15) is 0 Å². The van der Waals surface area contributed by atoms with Gasteiger partial charge in [0.2, 0.25) is 0 Å². The molecule has 20 heavy (non-hydrogen) atoms. The summed E-state index contributed by atoms with van der Waals surface area (Å²) >= 11 is 8.55. The molecule has 2 aromatic carbocycles. The minimum Gasteiger partial charge on any atom is -0.389 e. The van der Waals surface area contributed by atoms with Crippen molar-refractivity contribution in [1.82, 2.24) is 0 Å². The van der Waals surface area contributed by atoms with Gasteiger partial charge in [-0.15, -0.1) is 0 Å².